The largest absolute Gasteiger partial charge is 0.479 e. The number of carbonyl (C=O) groups excluding carboxylic acids is 3. The Morgan fingerprint density at radius 1 is 0.972 bits per heavy atom. The Balaban J connectivity index is 1.80. The number of halogens is 4. The number of esters is 2. The van der Waals surface area contributed by atoms with E-state index in [0.29, 0.717) is 0 Å². The molecule has 0 bridgehead atoms. The molecule has 0 saturated heterocycles. The molecule has 0 aliphatic heterocycles. The lowest BCUT2D eigenvalue weighted by molar-refractivity contribution is 0.0527. The van der Waals surface area contributed by atoms with Crippen LogP contribution < -0.4 is 10.1 Å². The van der Waals surface area contributed by atoms with E-state index in [2.05, 4.69) is 5.32 Å². The SMILES string of the molecule is CCOC(=O)c1sc(NC(=O)c2ccc(COc3c(F)c(F)cc(F)c3F)o2)c(C(=O)OCC)c1C. The molecule has 0 aliphatic carbocycles. The summed E-state index contributed by atoms with van der Waals surface area (Å²) >= 11 is 0.804. The van der Waals surface area contributed by atoms with Gasteiger partial charge < -0.3 is 23.9 Å². The first-order valence-corrected chi connectivity index (χ1v) is 11.2. The third-order valence-electron chi connectivity index (χ3n) is 4.63. The molecule has 0 spiro atoms. The van der Waals surface area contributed by atoms with E-state index in [-0.39, 0.29) is 51.8 Å². The summed E-state index contributed by atoms with van der Waals surface area (Å²) in [6.45, 7) is 4.19. The van der Waals surface area contributed by atoms with Crippen LogP contribution >= 0.6 is 11.3 Å². The molecule has 1 N–H and O–H groups in total. The maximum Gasteiger partial charge on any atom is 0.348 e. The van der Waals surface area contributed by atoms with E-state index in [0.717, 1.165) is 11.3 Å². The normalized spacial score (nSPS) is 10.8. The number of rotatable bonds is 9. The Hall–Kier alpha value is -3.87. The molecule has 13 heteroatoms. The second-order valence-electron chi connectivity index (χ2n) is 7.01. The lowest BCUT2D eigenvalue weighted by atomic mass is 10.1. The highest BCUT2D eigenvalue weighted by Crippen LogP contribution is 2.35. The average Bonchev–Trinajstić information content (AvgIpc) is 3.42. The van der Waals surface area contributed by atoms with Gasteiger partial charge in [-0.05, 0) is 38.5 Å². The minimum absolute atomic E-state index is 0.00702. The van der Waals surface area contributed by atoms with E-state index in [1.165, 1.54) is 19.1 Å². The van der Waals surface area contributed by atoms with Crippen molar-refractivity contribution >= 4 is 34.2 Å². The smallest absolute Gasteiger partial charge is 0.348 e. The van der Waals surface area contributed by atoms with Crippen LogP contribution in [0.5, 0.6) is 5.75 Å². The van der Waals surface area contributed by atoms with E-state index >= 15 is 0 Å². The van der Waals surface area contributed by atoms with Gasteiger partial charge in [0.05, 0.1) is 18.8 Å². The van der Waals surface area contributed by atoms with Crippen LogP contribution in [0.15, 0.2) is 22.6 Å². The molecule has 0 atom stereocenters. The second-order valence-corrected chi connectivity index (χ2v) is 8.03. The average molecular weight is 529 g/mol. The number of nitrogens with one attached hydrogen (secondary N) is 1. The van der Waals surface area contributed by atoms with Gasteiger partial charge in [0.25, 0.3) is 5.91 Å². The van der Waals surface area contributed by atoms with Gasteiger partial charge in [-0.15, -0.1) is 11.3 Å². The summed E-state index contributed by atoms with van der Waals surface area (Å²) in [4.78, 5) is 37.5. The predicted molar refractivity (Wildman–Crippen MR) is 118 cm³/mol. The van der Waals surface area contributed by atoms with E-state index < -0.39 is 53.5 Å². The summed E-state index contributed by atoms with van der Waals surface area (Å²) < 4.78 is 74.2. The number of hydrogen-bond acceptors (Lipinski definition) is 8. The van der Waals surface area contributed by atoms with Gasteiger partial charge in [0.1, 0.15) is 22.2 Å². The molecule has 2 aromatic heterocycles. The fraction of sp³-hybridized carbons (Fsp3) is 0.261. The van der Waals surface area contributed by atoms with Crippen LogP contribution in [0, 0.1) is 30.2 Å². The zero-order valence-corrected chi connectivity index (χ0v) is 19.9. The van der Waals surface area contributed by atoms with Crippen molar-refractivity contribution in [2.75, 3.05) is 18.5 Å². The van der Waals surface area contributed by atoms with Gasteiger partial charge in [0.15, 0.2) is 23.1 Å². The summed E-state index contributed by atoms with van der Waals surface area (Å²) in [5.74, 6) is -10.7. The number of hydrogen-bond donors (Lipinski definition) is 1. The van der Waals surface area contributed by atoms with Crippen LogP contribution in [-0.4, -0.2) is 31.1 Å². The highest BCUT2D eigenvalue weighted by Gasteiger charge is 2.28. The minimum atomic E-state index is -1.73. The van der Waals surface area contributed by atoms with Gasteiger partial charge in [-0.2, -0.15) is 8.78 Å². The molecular formula is C23H19F4NO7S. The molecule has 3 aromatic rings. The summed E-state index contributed by atoms with van der Waals surface area (Å²) in [7, 11) is 0. The summed E-state index contributed by atoms with van der Waals surface area (Å²) in [5.41, 5.74) is 0.222. The van der Waals surface area contributed by atoms with Crippen molar-refractivity contribution in [1.82, 2.24) is 0 Å². The van der Waals surface area contributed by atoms with Gasteiger partial charge in [0.2, 0.25) is 11.6 Å². The van der Waals surface area contributed by atoms with E-state index in [1.807, 2.05) is 0 Å². The van der Waals surface area contributed by atoms with Gasteiger partial charge >= 0.3 is 11.9 Å². The topological polar surface area (TPSA) is 104 Å². The Morgan fingerprint density at radius 2 is 1.58 bits per heavy atom. The molecule has 2 heterocycles. The van der Waals surface area contributed by atoms with Crippen LogP contribution in [0.4, 0.5) is 22.6 Å². The van der Waals surface area contributed by atoms with Crippen molar-refractivity contribution in [3.63, 3.8) is 0 Å². The number of ether oxygens (including phenoxy) is 3. The Kier molecular flexibility index (Phi) is 8.35. The Bertz CT molecular complexity index is 1290. The zero-order valence-electron chi connectivity index (χ0n) is 19.1. The first-order valence-electron chi connectivity index (χ1n) is 10.4. The number of amides is 1. The van der Waals surface area contributed by atoms with Crippen molar-refractivity contribution in [1.29, 1.82) is 0 Å². The molecule has 192 valence electrons. The second kappa shape index (κ2) is 11.2. The van der Waals surface area contributed by atoms with E-state index in [4.69, 9.17) is 18.6 Å². The summed E-state index contributed by atoms with van der Waals surface area (Å²) in [5, 5.41) is 2.47. The third kappa shape index (κ3) is 5.51. The maximum absolute atomic E-state index is 13.7. The number of benzene rings is 1. The number of thiophene rings is 1. The number of furan rings is 1. The first kappa shape index (κ1) is 26.7. The van der Waals surface area contributed by atoms with Crippen LogP contribution in [0.1, 0.15) is 55.8 Å². The lowest BCUT2D eigenvalue weighted by Crippen LogP contribution is -2.14. The molecule has 0 saturated carbocycles. The van der Waals surface area contributed by atoms with Crippen LogP contribution in [0.2, 0.25) is 0 Å². The zero-order chi connectivity index (χ0) is 26.6. The maximum atomic E-state index is 13.7. The monoisotopic (exact) mass is 529 g/mol. The highest BCUT2D eigenvalue weighted by molar-refractivity contribution is 7.18. The van der Waals surface area contributed by atoms with E-state index in [1.54, 1.807) is 13.8 Å². The summed E-state index contributed by atoms with van der Waals surface area (Å²) in [6, 6.07) is 2.47. The predicted octanol–water partition coefficient (Wildman–Crippen LogP) is 5.39. The van der Waals surface area contributed by atoms with Gasteiger partial charge in [-0.25, -0.2) is 18.4 Å². The minimum Gasteiger partial charge on any atom is -0.479 e. The van der Waals surface area contributed by atoms with Crippen molar-refractivity contribution in [2.45, 2.75) is 27.4 Å². The third-order valence-corrected chi connectivity index (χ3v) is 5.82. The molecule has 8 nitrogen and oxygen atoms in total. The Morgan fingerprint density at radius 3 is 2.19 bits per heavy atom. The van der Waals surface area contributed by atoms with Crippen molar-refractivity contribution in [3.8, 4) is 5.75 Å². The molecule has 0 aliphatic rings. The lowest BCUT2D eigenvalue weighted by Gasteiger charge is -2.08. The molecular weight excluding hydrogens is 510 g/mol. The quantitative estimate of drug-likeness (QED) is 0.225. The van der Waals surface area contributed by atoms with Gasteiger partial charge in [0, 0.05) is 6.07 Å². The molecule has 3 rings (SSSR count). The molecule has 1 amide bonds. The molecule has 0 radical (unpaired) electrons. The van der Waals surface area contributed by atoms with E-state index in [9.17, 15) is 31.9 Å². The first-order chi connectivity index (χ1) is 17.1. The standard InChI is InChI=1S/C23H19F4NO7S/c1-4-32-22(30)15-10(3)19(23(31)33-5-2)36-21(15)28-20(29)14-7-6-11(35-14)9-34-18-16(26)12(24)8-13(25)17(18)27/h6-8H,4-5,9H2,1-3H3,(H,28,29). The Labute approximate surface area is 205 Å². The van der Waals surface area contributed by atoms with Crippen molar-refractivity contribution in [2.24, 2.45) is 0 Å². The number of carbonyl (C=O) groups is 3. The van der Waals surface area contributed by atoms with Crippen molar-refractivity contribution < 1.29 is 50.6 Å². The van der Waals surface area contributed by atoms with Crippen LogP contribution in [0.3, 0.4) is 0 Å². The fourth-order valence-electron chi connectivity index (χ4n) is 3.01. The summed E-state index contributed by atoms with van der Waals surface area (Å²) in [6.07, 6.45) is 0. The van der Waals surface area contributed by atoms with Gasteiger partial charge in [-0.1, -0.05) is 0 Å². The molecule has 1 aromatic carbocycles. The van der Waals surface area contributed by atoms with Crippen LogP contribution in [-0.2, 0) is 16.1 Å². The van der Waals surface area contributed by atoms with Crippen LogP contribution in [0.25, 0.3) is 0 Å². The van der Waals surface area contributed by atoms with Gasteiger partial charge in [-0.3, -0.25) is 4.79 Å². The van der Waals surface area contributed by atoms with Crippen molar-refractivity contribution in [3.05, 3.63) is 69.0 Å². The molecule has 36 heavy (non-hydrogen) atoms. The highest BCUT2D eigenvalue weighted by atomic mass is 32.1. The molecule has 0 unspecified atom stereocenters. The fourth-order valence-corrected chi connectivity index (χ4v) is 4.09. The number of anilines is 1. The molecule has 0 fully saturated rings.